The van der Waals surface area contributed by atoms with Gasteiger partial charge in [-0.3, -0.25) is 0 Å². The van der Waals surface area contributed by atoms with E-state index in [0.717, 1.165) is 4.47 Å². The van der Waals surface area contributed by atoms with Crippen molar-refractivity contribution in [1.29, 1.82) is 0 Å². The Morgan fingerprint density at radius 1 is 1.08 bits per heavy atom. The van der Waals surface area contributed by atoms with Crippen molar-refractivity contribution in [2.75, 3.05) is 13.1 Å². The Morgan fingerprint density at radius 3 is 2.25 bits per heavy atom. The van der Waals surface area contributed by atoms with Crippen molar-refractivity contribution in [2.45, 2.75) is 18.7 Å². The molecule has 0 aliphatic heterocycles. The van der Waals surface area contributed by atoms with Gasteiger partial charge in [0.1, 0.15) is 5.75 Å². The molecule has 0 atom stereocenters. The number of esters is 1. The molecule has 0 spiro atoms. The predicted molar refractivity (Wildman–Crippen MR) is 95.6 cm³/mol. The molecule has 2 aromatic rings. The van der Waals surface area contributed by atoms with Crippen LogP contribution in [0.4, 0.5) is 0 Å². The molecule has 0 aliphatic carbocycles. The van der Waals surface area contributed by atoms with E-state index in [1.165, 1.54) is 28.6 Å². The first-order valence-corrected chi connectivity index (χ1v) is 9.69. The van der Waals surface area contributed by atoms with Gasteiger partial charge in [0.05, 0.1) is 10.5 Å². The van der Waals surface area contributed by atoms with Crippen molar-refractivity contribution < 1.29 is 17.9 Å². The summed E-state index contributed by atoms with van der Waals surface area (Å²) in [6.45, 7) is 4.35. The van der Waals surface area contributed by atoms with Gasteiger partial charge < -0.3 is 4.74 Å². The molecule has 0 bridgehead atoms. The molecule has 0 saturated heterocycles. The molecule has 7 heteroatoms. The standard InChI is InChI=1S/C17H18BrNO4S/c1-3-19(4-2)24(21,22)16-10-8-13(9-11-16)17(20)23-15-7-5-6-14(18)12-15/h5-12H,3-4H2,1-2H3. The summed E-state index contributed by atoms with van der Waals surface area (Å²) >= 11 is 3.30. The summed E-state index contributed by atoms with van der Waals surface area (Å²) in [5, 5.41) is 0. The van der Waals surface area contributed by atoms with E-state index in [2.05, 4.69) is 15.9 Å². The zero-order chi connectivity index (χ0) is 17.7. The lowest BCUT2D eigenvalue weighted by atomic mass is 10.2. The summed E-state index contributed by atoms with van der Waals surface area (Å²) in [7, 11) is -3.53. The lowest BCUT2D eigenvalue weighted by Crippen LogP contribution is -2.30. The van der Waals surface area contributed by atoms with E-state index in [0.29, 0.717) is 18.8 Å². The maximum absolute atomic E-state index is 12.4. The molecule has 24 heavy (non-hydrogen) atoms. The molecule has 0 aromatic heterocycles. The molecule has 0 N–H and O–H groups in total. The lowest BCUT2D eigenvalue weighted by molar-refractivity contribution is 0.0734. The zero-order valence-electron chi connectivity index (χ0n) is 13.4. The van der Waals surface area contributed by atoms with E-state index in [4.69, 9.17) is 4.74 Å². The van der Waals surface area contributed by atoms with Gasteiger partial charge in [-0.2, -0.15) is 4.31 Å². The average molecular weight is 412 g/mol. The van der Waals surface area contributed by atoms with Gasteiger partial charge in [0.2, 0.25) is 10.0 Å². The summed E-state index contributed by atoms with van der Waals surface area (Å²) in [5.41, 5.74) is 0.286. The van der Waals surface area contributed by atoms with Crippen LogP contribution in [0, 0.1) is 0 Å². The average Bonchev–Trinajstić information content (AvgIpc) is 2.56. The Kier molecular flexibility index (Phi) is 6.15. The molecule has 0 fully saturated rings. The number of halogens is 1. The van der Waals surface area contributed by atoms with E-state index < -0.39 is 16.0 Å². The van der Waals surface area contributed by atoms with Crippen LogP contribution in [0.5, 0.6) is 5.75 Å². The second kappa shape index (κ2) is 7.92. The molecule has 5 nitrogen and oxygen atoms in total. The molecule has 0 amide bonds. The molecular formula is C17H18BrNO4S. The zero-order valence-corrected chi connectivity index (χ0v) is 15.8. The molecule has 0 unspecified atom stereocenters. The lowest BCUT2D eigenvalue weighted by Gasteiger charge is -2.18. The summed E-state index contributed by atoms with van der Waals surface area (Å²) in [5.74, 6) is -0.130. The third kappa shape index (κ3) is 4.23. The van der Waals surface area contributed by atoms with Gasteiger partial charge in [-0.25, -0.2) is 13.2 Å². The molecule has 0 saturated carbocycles. The largest absolute Gasteiger partial charge is 0.423 e. The van der Waals surface area contributed by atoms with E-state index in [1.54, 1.807) is 32.0 Å². The monoisotopic (exact) mass is 411 g/mol. The highest BCUT2D eigenvalue weighted by molar-refractivity contribution is 9.10. The summed E-state index contributed by atoms with van der Waals surface area (Å²) in [4.78, 5) is 12.3. The number of hydrogen-bond donors (Lipinski definition) is 0. The van der Waals surface area contributed by atoms with Crippen LogP contribution in [0.3, 0.4) is 0 Å². The minimum absolute atomic E-state index is 0.158. The fourth-order valence-electron chi connectivity index (χ4n) is 2.17. The van der Waals surface area contributed by atoms with Crippen LogP contribution < -0.4 is 4.74 Å². The van der Waals surface area contributed by atoms with Gasteiger partial charge in [-0.15, -0.1) is 0 Å². The quantitative estimate of drug-likeness (QED) is 0.536. The number of carbonyl (C=O) groups excluding carboxylic acids is 1. The Balaban J connectivity index is 2.18. The third-order valence-corrected chi connectivity index (χ3v) is 6.00. The third-order valence-electron chi connectivity index (χ3n) is 3.44. The number of carbonyl (C=O) groups is 1. The fraction of sp³-hybridized carbons (Fsp3) is 0.235. The van der Waals surface area contributed by atoms with Crippen LogP contribution in [0.1, 0.15) is 24.2 Å². The van der Waals surface area contributed by atoms with Crippen LogP contribution in [0.2, 0.25) is 0 Å². The Hall–Kier alpha value is -1.70. The van der Waals surface area contributed by atoms with Gasteiger partial charge in [0.15, 0.2) is 0 Å². The van der Waals surface area contributed by atoms with Crippen molar-refractivity contribution in [1.82, 2.24) is 4.31 Å². The Morgan fingerprint density at radius 2 is 1.71 bits per heavy atom. The molecule has 0 heterocycles. The SMILES string of the molecule is CCN(CC)S(=O)(=O)c1ccc(C(=O)Oc2cccc(Br)c2)cc1. The number of rotatable bonds is 6. The number of sulfonamides is 1. The normalized spacial score (nSPS) is 11.5. The van der Waals surface area contributed by atoms with E-state index in [9.17, 15) is 13.2 Å². The first-order chi connectivity index (χ1) is 11.4. The van der Waals surface area contributed by atoms with Gasteiger partial charge in [-0.05, 0) is 42.5 Å². The first kappa shape index (κ1) is 18.6. The van der Waals surface area contributed by atoms with Crippen molar-refractivity contribution in [3.63, 3.8) is 0 Å². The summed E-state index contributed by atoms with van der Waals surface area (Å²) in [6.07, 6.45) is 0. The number of ether oxygens (including phenoxy) is 1. The minimum atomic E-state index is -3.53. The van der Waals surface area contributed by atoms with E-state index in [-0.39, 0.29) is 10.5 Å². The summed E-state index contributed by atoms with van der Waals surface area (Å²) < 4.78 is 32.2. The van der Waals surface area contributed by atoms with Gasteiger partial charge in [0, 0.05) is 17.6 Å². The van der Waals surface area contributed by atoms with Gasteiger partial charge in [0.25, 0.3) is 0 Å². The highest BCUT2D eigenvalue weighted by atomic mass is 79.9. The van der Waals surface area contributed by atoms with Crippen molar-refractivity contribution in [2.24, 2.45) is 0 Å². The molecule has 0 aliphatic rings. The Labute approximate surface area is 150 Å². The van der Waals surface area contributed by atoms with Crippen LogP contribution in [0.25, 0.3) is 0 Å². The maximum Gasteiger partial charge on any atom is 0.343 e. The Bertz CT molecular complexity index is 815. The maximum atomic E-state index is 12.4. The minimum Gasteiger partial charge on any atom is -0.423 e. The second-order valence-corrected chi connectivity index (χ2v) is 7.81. The predicted octanol–water partition coefficient (Wildman–Crippen LogP) is 3.70. The van der Waals surface area contributed by atoms with Gasteiger partial charge in [-0.1, -0.05) is 35.8 Å². The van der Waals surface area contributed by atoms with Crippen molar-refractivity contribution >= 4 is 31.9 Å². The van der Waals surface area contributed by atoms with Crippen LogP contribution in [-0.2, 0) is 10.0 Å². The van der Waals surface area contributed by atoms with Gasteiger partial charge >= 0.3 is 5.97 Å². The fourth-order valence-corrected chi connectivity index (χ4v) is 4.01. The number of benzene rings is 2. The highest BCUT2D eigenvalue weighted by Crippen LogP contribution is 2.20. The molecule has 128 valence electrons. The van der Waals surface area contributed by atoms with Crippen LogP contribution in [-0.4, -0.2) is 31.8 Å². The second-order valence-electron chi connectivity index (χ2n) is 4.96. The smallest absolute Gasteiger partial charge is 0.343 e. The van der Waals surface area contributed by atoms with Crippen molar-refractivity contribution in [3.05, 3.63) is 58.6 Å². The molecule has 2 rings (SSSR count). The summed E-state index contributed by atoms with van der Waals surface area (Å²) in [6, 6.07) is 12.7. The van der Waals surface area contributed by atoms with E-state index >= 15 is 0 Å². The molecule has 0 radical (unpaired) electrons. The van der Waals surface area contributed by atoms with E-state index in [1.807, 2.05) is 6.07 Å². The number of hydrogen-bond acceptors (Lipinski definition) is 4. The van der Waals surface area contributed by atoms with Crippen molar-refractivity contribution in [3.8, 4) is 5.75 Å². The topological polar surface area (TPSA) is 63.7 Å². The highest BCUT2D eigenvalue weighted by Gasteiger charge is 2.21. The molecule has 2 aromatic carbocycles. The first-order valence-electron chi connectivity index (χ1n) is 7.46. The number of nitrogens with zero attached hydrogens (tertiary/aromatic N) is 1. The van der Waals surface area contributed by atoms with Crippen LogP contribution in [0.15, 0.2) is 57.9 Å². The van der Waals surface area contributed by atoms with Crippen LogP contribution >= 0.6 is 15.9 Å². The molecular weight excluding hydrogens is 394 g/mol.